The van der Waals surface area contributed by atoms with Gasteiger partial charge >= 0.3 is 6.09 Å². The Morgan fingerprint density at radius 3 is 2.96 bits per heavy atom. The Bertz CT molecular complexity index is 603. The molecule has 23 heavy (non-hydrogen) atoms. The normalized spacial score (nSPS) is 17.7. The maximum Gasteiger partial charge on any atom is 0.410 e. The lowest BCUT2D eigenvalue weighted by Crippen LogP contribution is -2.44. The average molecular weight is 316 g/mol. The maximum atomic E-state index is 12.3. The summed E-state index contributed by atoms with van der Waals surface area (Å²) in [5, 5.41) is 8.99. The number of nitriles is 1. The van der Waals surface area contributed by atoms with Crippen LogP contribution in [0.1, 0.15) is 39.2 Å². The van der Waals surface area contributed by atoms with E-state index < -0.39 is 5.60 Å². The summed E-state index contributed by atoms with van der Waals surface area (Å²) < 4.78 is 5.49. The fraction of sp³-hybridized carbons (Fsp3) is 0.588. The van der Waals surface area contributed by atoms with E-state index in [9.17, 15) is 4.79 Å². The van der Waals surface area contributed by atoms with Crippen LogP contribution in [0.5, 0.6) is 0 Å². The molecule has 0 N–H and O–H groups in total. The number of aromatic nitrogens is 1. The third-order valence-electron chi connectivity index (χ3n) is 3.76. The van der Waals surface area contributed by atoms with Crippen LogP contribution < -0.4 is 4.90 Å². The lowest BCUT2D eigenvalue weighted by molar-refractivity contribution is 0.0232. The van der Waals surface area contributed by atoms with Crippen molar-refractivity contribution in [2.45, 2.75) is 45.3 Å². The largest absolute Gasteiger partial charge is 0.444 e. The van der Waals surface area contributed by atoms with Crippen molar-refractivity contribution in [3.63, 3.8) is 0 Å². The molecule has 0 unspecified atom stereocenters. The second-order valence-electron chi connectivity index (χ2n) is 6.86. The zero-order chi connectivity index (χ0) is 17.0. The van der Waals surface area contributed by atoms with Gasteiger partial charge in [-0.1, -0.05) is 0 Å². The molecule has 0 aliphatic carbocycles. The zero-order valence-corrected chi connectivity index (χ0v) is 14.2. The topological polar surface area (TPSA) is 69.5 Å². The highest BCUT2D eigenvalue weighted by Crippen LogP contribution is 2.22. The summed E-state index contributed by atoms with van der Waals surface area (Å²) in [6.45, 7) is 7.01. The van der Waals surface area contributed by atoms with Gasteiger partial charge in [0.1, 0.15) is 11.4 Å². The number of hydrogen-bond donors (Lipinski definition) is 0. The van der Waals surface area contributed by atoms with E-state index in [0.29, 0.717) is 12.1 Å². The number of likely N-dealkylation sites (tertiary alicyclic amines) is 1. The first-order valence-corrected chi connectivity index (χ1v) is 7.87. The predicted molar refractivity (Wildman–Crippen MR) is 88.2 cm³/mol. The molecule has 1 aromatic rings. The highest BCUT2D eigenvalue weighted by molar-refractivity contribution is 5.69. The Morgan fingerprint density at radius 2 is 2.30 bits per heavy atom. The van der Waals surface area contributed by atoms with Gasteiger partial charge in [0.05, 0.1) is 17.7 Å². The maximum absolute atomic E-state index is 12.3. The Labute approximate surface area is 137 Å². The third kappa shape index (κ3) is 4.59. The first kappa shape index (κ1) is 17.1. The monoisotopic (exact) mass is 316 g/mol. The van der Waals surface area contributed by atoms with Crippen LogP contribution >= 0.6 is 0 Å². The minimum Gasteiger partial charge on any atom is -0.444 e. The number of ether oxygens (including phenoxy) is 1. The molecular weight excluding hydrogens is 292 g/mol. The first-order valence-electron chi connectivity index (χ1n) is 7.87. The van der Waals surface area contributed by atoms with Gasteiger partial charge in [-0.3, -0.25) is 0 Å². The van der Waals surface area contributed by atoms with Crippen molar-refractivity contribution < 1.29 is 9.53 Å². The smallest absolute Gasteiger partial charge is 0.410 e. The lowest BCUT2D eigenvalue weighted by atomic mass is 10.2. The standard InChI is InChI=1S/C17H24N4O2/c1-17(2,3)23-16(22)21-9-5-6-14(21)12-20(4)15-10-13(11-18)7-8-19-15/h7-8,10,14H,5-6,9,12H2,1-4H3/t14-/m1/s1. The molecule has 2 rings (SSSR count). The molecule has 0 spiro atoms. The Balaban J connectivity index is 2.03. The van der Waals surface area contributed by atoms with Crippen LogP contribution in [0.15, 0.2) is 18.3 Å². The summed E-state index contributed by atoms with van der Waals surface area (Å²) in [7, 11) is 1.93. The SMILES string of the molecule is CN(C[C@H]1CCCN1C(=O)OC(C)(C)C)c1cc(C#N)ccn1. The molecule has 1 atom stereocenters. The second kappa shape index (κ2) is 6.86. The predicted octanol–water partition coefficient (Wildman–Crippen LogP) is 2.79. The van der Waals surface area contributed by atoms with Gasteiger partial charge in [-0.15, -0.1) is 0 Å². The minimum absolute atomic E-state index is 0.0994. The number of rotatable bonds is 3. The Hall–Kier alpha value is -2.29. The zero-order valence-electron chi connectivity index (χ0n) is 14.2. The van der Waals surface area contributed by atoms with Crippen LogP contribution in [0.2, 0.25) is 0 Å². The van der Waals surface area contributed by atoms with Gasteiger partial charge in [0.25, 0.3) is 0 Å². The molecule has 0 aromatic carbocycles. The molecule has 1 aliphatic heterocycles. The molecule has 6 heteroatoms. The molecule has 2 heterocycles. The van der Waals surface area contributed by atoms with Crippen molar-refractivity contribution in [1.29, 1.82) is 5.26 Å². The fourth-order valence-electron chi connectivity index (χ4n) is 2.69. The van der Waals surface area contributed by atoms with Gasteiger partial charge < -0.3 is 14.5 Å². The van der Waals surface area contributed by atoms with E-state index in [1.165, 1.54) is 0 Å². The number of likely N-dealkylation sites (N-methyl/N-ethyl adjacent to an activating group) is 1. The molecular formula is C17H24N4O2. The molecule has 6 nitrogen and oxygen atoms in total. The van der Waals surface area contributed by atoms with E-state index in [-0.39, 0.29) is 12.1 Å². The molecule has 0 saturated carbocycles. The summed E-state index contributed by atoms with van der Waals surface area (Å²) in [4.78, 5) is 20.4. The molecule has 0 bridgehead atoms. The van der Waals surface area contributed by atoms with Crippen molar-refractivity contribution in [2.24, 2.45) is 0 Å². The van der Waals surface area contributed by atoms with Gasteiger partial charge in [-0.2, -0.15) is 5.26 Å². The molecule has 0 radical (unpaired) electrons. The van der Waals surface area contributed by atoms with Crippen LogP contribution in [-0.4, -0.2) is 47.8 Å². The number of anilines is 1. The summed E-state index contributed by atoms with van der Waals surface area (Å²) in [6.07, 6.45) is 3.29. The number of hydrogen-bond acceptors (Lipinski definition) is 5. The molecule has 1 amide bonds. The van der Waals surface area contributed by atoms with E-state index >= 15 is 0 Å². The van der Waals surface area contributed by atoms with E-state index in [0.717, 1.165) is 25.2 Å². The quantitative estimate of drug-likeness (QED) is 0.857. The number of nitrogens with zero attached hydrogens (tertiary/aromatic N) is 4. The van der Waals surface area contributed by atoms with Crippen molar-refractivity contribution in [3.05, 3.63) is 23.9 Å². The molecule has 1 fully saturated rings. The van der Waals surface area contributed by atoms with E-state index in [2.05, 4.69) is 11.1 Å². The fourth-order valence-corrected chi connectivity index (χ4v) is 2.69. The lowest BCUT2D eigenvalue weighted by Gasteiger charge is -2.31. The Morgan fingerprint density at radius 1 is 1.57 bits per heavy atom. The molecule has 1 aliphatic rings. The van der Waals surface area contributed by atoms with Crippen LogP contribution in [-0.2, 0) is 4.74 Å². The number of amides is 1. The molecule has 124 valence electrons. The third-order valence-corrected chi connectivity index (χ3v) is 3.76. The van der Waals surface area contributed by atoms with Gasteiger partial charge in [0, 0.05) is 26.3 Å². The first-order chi connectivity index (χ1) is 10.8. The van der Waals surface area contributed by atoms with Crippen molar-refractivity contribution >= 4 is 11.9 Å². The summed E-state index contributed by atoms with van der Waals surface area (Å²) in [6, 6.07) is 5.65. The second-order valence-corrected chi connectivity index (χ2v) is 6.86. The number of carbonyl (C=O) groups is 1. The van der Waals surface area contributed by atoms with Gasteiger partial charge in [-0.05, 0) is 45.7 Å². The summed E-state index contributed by atoms with van der Waals surface area (Å²) in [5.41, 5.74) is 0.0935. The summed E-state index contributed by atoms with van der Waals surface area (Å²) in [5.74, 6) is 0.736. The number of pyridine rings is 1. The van der Waals surface area contributed by atoms with Crippen LogP contribution in [0, 0.1) is 11.3 Å². The molecule has 1 saturated heterocycles. The van der Waals surface area contributed by atoms with Crippen LogP contribution in [0.3, 0.4) is 0 Å². The van der Waals surface area contributed by atoms with Crippen LogP contribution in [0.4, 0.5) is 10.6 Å². The average Bonchev–Trinajstić information content (AvgIpc) is 2.93. The highest BCUT2D eigenvalue weighted by atomic mass is 16.6. The van der Waals surface area contributed by atoms with E-state index in [1.54, 1.807) is 23.2 Å². The Kier molecular flexibility index (Phi) is 5.09. The highest BCUT2D eigenvalue weighted by Gasteiger charge is 2.32. The summed E-state index contributed by atoms with van der Waals surface area (Å²) >= 11 is 0. The van der Waals surface area contributed by atoms with Crippen molar-refractivity contribution in [3.8, 4) is 6.07 Å². The van der Waals surface area contributed by atoms with Gasteiger partial charge in [-0.25, -0.2) is 9.78 Å². The minimum atomic E-state index is -0.487. The van der Waals surface area contributed by atoms with Crippen molar-refractivity contribution in [1.82, 2.24) is 9.88 Å². The number of carbonyl (C=O) groups excluding carboxylic acids is 1. The van der Waals surface area contributed by atoms with E-state index in [1.807, 2.05) is 32.7 Å². The van der Waals surface area contributed by atoms with Crippen molar-refractivity contribution in [2.75, 3.05) is 25.0 Å². The van der Waals surface area contributed by atoms with E-state index in [4.69, 9.17) is 10.00 Å². The van der Waals surface area contributed by atoms with Gasteiger partial charge in [0.15, 0.2) is 0 Å². The van der Waals surface area contributed by atoms with Crippen LogP contribution in [0.25, 0.3) is 0 Å². The van der Waals surface area contributed by atoms with Gasteiger partial charge in [0.2, 0.25) is 0 Å². The molecule has 1 aromatic heterocycles.